The maximum Gasteiger partial charge on any atom is 0.238 e. The summed E-state index contributed by atoms with van der Waals surface area (Å²) in [6.07, 6.45) is 3.29. The van der Waals surface area contributed by atoms with Gasteiger partial charge in [0.2, 0.25) is 5.91 Å². The lowest BCUT2D eigenvalue weighted by Crippen LogP contribution is -2.43. The molecule has 92 valence electrons. The Bertz CT molecular complexity index is 274. The van der Waals surface area contributed by atoms with Crippen LogP contribution in [0.15, 0.2) is 0 Å². The molecule has 0 saturated carbocycles. The zero-order valence-corrected chi connectivity index (χ0v) is 11.1. The van der Waals surface area contributed by atoms with Crippen LogP contribution in [0.2, 0.25) is 0 Å². The highest BCUT2D eigenvalue weighted by atomic mass is 32.2. The van der Waals surface area contributed by atoms with Gasteiger partial charge in [0.15, 0.2) is 0 Å². The molecule has 3 unspecified atom stereocenters. The summed E-state index contributed by atoms with van der Waals surface area (Å²) in [5.41, 5.74) is 5.90. The summed E-state index contributed by atoms with van der Waals surface area (Å²) in [4.78, 5) is 14.4. The van der Waals surface area contributed by atoms with Gasteiger partial charge in [-0.3, -0.25) is 4.79 Å². The van der Waals surface area contributed by atoms with Gasteiger partial charge in [0.25, 0.3) is 0 Å². The van der Waals surface area contributed by atoms with E-state index in [4.69, 9.17) is 5.73 Å². The quantitative estimate of drug-likeness (QED) is 0.797. The van der Waals surface area contributed by atoms with Crippen molar-refractivity contribution in [3.8, 4) is 0 Å². The van der Waals surface area contributed by atoms with Crippen LogP contribution in [0, 0.1) is 5.92 Å². The number of nitrogens with two attached hydrogens (primary N) is 1. The average molecular weight is 242 g/mol. The molecule has 0 bridgehead atoms. The van der Waals surface area contributed by atoms with E-state index in [0.29, 0.717) is 11.8 Å². The summed E-state index contributed by atoms with van der Waals surface area (Å²) < 4.78 is -0.146. The van der Waals surface area contributed by atoms with Crippen molar-refractivity contribution in [1.82, 2.24) is 4.90 Å². The zero-order chi connectivity index (χ0) is 11.8. The number of thioether (sulfide) groups is 1. The average Bonchev–Trinajstić information content (AvgIpc) is 2.85. The molecule has 0 aromatic rings. The summed E-state index contributed by atoms with van der Waals surface area (Å²) >= 11 is 1.83. The maximum absolute atomic E-state index is 12.4. The Morgan fingerprint density at radius 1 is 1.62 bits per heavy atom. The molecule has 0 radical (unpaired) electrons. The standard InChI is InChI=1S/C12H22N2OS/c1-9(13)10-4-6-14(8-10)11(15)12(2)5-3-7-16-12/h9-10H,3-8,13H2,1-2H3. The molecule has 3 nitrogen and oxygen atoms in total. The number of carbonyl (C=O) groups is 1. The third kappa shape index (κ3) is 2.23. The Kier molecular flexibility index (Phi) is 3.50. The molecule has 2 heterocycles. The van der Waals surface area contributed by atoms with Crippen LogP contribution in [-0.4, -0.2) is 40.4 Å². The molecule has 0 spiro atoms. The minimum Gasteiger partial charge on any atom is -0.341 e. The molecule has 3 atom stereocenters. The van der Waals surface area contributed by atoms with E-state index in [0.717, 1.165) is 31.7 Å². The molecule has 4 heteroatoms. The summed E-state index contributed by atoms with van der Waals surface area (Å²) in [5.74, 6) is 1.98. The molecule has 16 heavy (non-hydrogen) atoms. The SMILES string of the molecule is CC(N)C1CCN(C(=O)C2(C)CCCS2)C1. The van der Waals surface area contributed by atoms with Crippen LogP contribution >= 0.6 is 11.8 Å². The topological polar surface area (TPSA) is 46.3 Å². The third-order valence-electron chi connectivity index (χ3n) is 3.93. The normalized spacial score (nSPS) is 36.7. The molecule has 2 aliphatic rings. The van der Waals surface area contributed by atoms with Gasteiger partial charge < -0.3 is 10.6 Å². The van der Waals surface area contributed by atoms with Gasteiger partial charge in [0.05, 0.1) is 4.75 Å². The van der Waals surface area contributed by atoms with E-state index in [-0.39, 0.29) is 10.8 Å². The second-order valence-corrected chi connectivity index (χ2v) is 6.94. The van der Waals surface area contributed by atoms with E-state index >= 15 is 0 Å². The Morgan fingerprint density at radius 2 is 2.38 bits per heavy atom. The number of hydrogen-bond acceptors (Lipinski definition) is 3. The molecule has 0 aromatic heterocycles. The summed E-state index contributed by atoms with van der Waals surface area (Å²) in [5, 5.41) is 0. The summed E-state index contributed by atoms with van der Waals surface area (Å²) in [6.45, 7) is 5.92. The fraction of sp³-hybridized carbons (Fsp3) is 0.917. The first-order chi connectivity index (χ1) is 7.53. The van der Waals surface area contributed by atoms with E-state index in [9.17, 15) is 4.79 Å². The molecule has 2 rings (SSSR count). The number of rotatable bonds is 2. The van der Waals surface area contributed by atoms with Crippen molar-refractivity contribution in [3.63, 3.8) is 0 Å². The van der Waals surface area contributed by atoms with Crippen molar-refractivity contribution >= 4 is 17.7 Å². The summed E-state index contributed by atoms with van der Waals surface area (Å²) in [7, 11) is 0. The zero-order valence-electron chi connectivity index (χ0n) is 10.2. The lowest BCUT2D eigenvalue weighted by Gasteiger charge is -2.28. The van der Waals surface area contributed by atoms with Crippen molar-refractivity contribution in [1.29, 1.82) is 0 Å². The van der Waals surface area contributed by atoms with Crippen molar-refractivity contribution in [2.75, 3.05) is 18.8 Å². The van der Waals surface area contributed by atoms with Crippen LogP contribution in [0.4, 0.5) is 0 Å². The van der Waals surface area contributed by atoms with Crippen molar-refractivity contribution in [3.05, 3.63) is 0 Å². The first kappa shape index (κ1) is 12.2. The van der Waals surface area contributed by atoms with Crippen LogP contribution in [0.3, 0.4) is 0 Å². The first-order valence-corrected chi connectivity index (χ1v) is 7.20. The highest BCUT2D eigenvalue weighted by molar-refractivity contribution is 8.01. The van der Waals surface area contributed by atoms with Gasteiger partial charge >= 0.3 is 0 Å². The van der Waals surface area contributed by atoms with Gasteiger partial charge in [-0.05, 0) is 44.8 Å². The Balaban J connectivity index is 1.96. The fourth-order valence-corrected chi connectivity index (χ4v) is 3.96. The fourth-order valence-electron chi connectivity index (χ4n) is 2.68. The highest BCUT2D eigenvalue weighted by Gasteiger charge is 2.42. The number of likely N-dealkylation sites (tertiary alicyclic amines) is 1. The Labute approximate surface area is 102 Å². The van der Waals surface area contributed by atoms with Gasteiger partial charge in [-0.25, -0.2) is 0 Å². The van der Waals surface area contributed by atoms with Crippen molar-refractivity contribution in [2.45, 2.75) is 43.9 Å². The van der Waals surface area contributed by atoms with Crippen LogP contribution < -0.4 is 5.73 Å². The molecule has 0 aromatic carbocycles. The Hall–Kier alpha value is -0.220. The molecular weight excluding hydrogens is 220 g/mol. The lowest BCUT2D eigenvalue weighted by atomic mass is 10.0. The second kappa shape index (κ2) is 4.57. The monoisotopic (exact) mass is 242 g/mol. The molecular formula is C12H22N2OS. The van der Waals surface area contributed by atoms with Gasteiger partial charge in [-0.15, -0.1) is 11.8 Å². The molecule has 2 N–H and O–H groups in total. The molecule has 2 saturated heterocycles. The van der Waals surface area contributed by atoms with Crippen LogP contribution in [0.25, 0.3) is 0 Å². The van der Waals surface area contributed by atoms with Crippen LogP contribution in [0.5, 0.6) is 0 Å². The highest BCUT2D eigenvalue weighted by Crippen LogP contribution is 2.40. The number of amides is 1. The van der Waals surface area contributed by atoms with Crippen molar-refractivity contribution < 1.29 is 4.79 Å². The summed E-state index contributed by atoms with van der Waals surface area (Å²) in [6, 6.07) is 0.210. The Morgan fingerprint density at radius 3 is 2.88 bits per heavy atom. The predicted molar refractivity (Wildman–Crippen MR) is 68.4 cm³/mol. The van der Waals surface area contributed by atoms with E-state index < -0.39 is 0 Å². The van der Waals surface area contributed by atoms with Gasteiger partial charge in [0.1, 0.15) is 0 Å². The second-order valence-electron chi connectivity index (χ2n) is 5.34. The number of nitrogens with zero attached hydrogens (tertiary/aromatic N) is 1. The van der Waals surface area contributed by atoms with Gasteiger partial charge in [0, 0.05) is 19.1 Å². The maximum atomic E-state index is 12.4. The number of carbonyl (C=O) groups excluding carboxylic acids is 1. The van der Waals surface area contributed by atoms with E-state index in [1.807, 2.05) is 23.6 Å². The molecule has 1 amide bonds. The van der Waals surface area contributed by atoms with E-state index in [1.165, 1.54) is 6.42 Å². The van der Waals surface area contributed by atoms with Gasteiger partial charge in [-0.2, -0.15) is 0 Å². The largest absolute Gasteiger partial charge is 0.341 e. The molecule has 2 fully saturated rings. The van der Waals surface area contributed by atoms with Crippen LogP contribution in [0.1, 0.15) is 33.1 Å². The third-order valence-corrected chi connectivity index (χ3v) is 5.44. The molecule has 2 aliphatic heterocycles. The first-order valence-electron chi connectivity index (χ1n) is 6.22. The predicted octanol–water partition coefficient (Wildman–Crippen LogP) is 1.47. The van der Waals surface area contributed by atoms with E-state index in [2.05, 4.69) is 6.92 Å². The smallest absolute Gasteiger partial charge is 0.238 e. The minimum absolute atomic E-state index is 0.146. The molecule has 0 aliphatic carbocycles. The van der Waals surface area contributed by atoms with Crippen LogP contribution in [-0.2, 0) is 4.79 Å². The number of hydrogen-bond donors (Lipinski definition) is 1. The van der Waals surface area contributed by atoms with Gasteiger partial charge in [-0.1, -0.05) is 0 Å². The van der Waals surface area contributed by atoms with Crippen molar-refractivity contribution in [2.24, 2.45) is 11.7 Å². The van der Waals surface area contributed by atoms with E-state index in [1.54, 1.807) is 0 Å². The lowest BCUT2D eigenvalue weighted by molar-refractivity contribution is -0.132. The minimum atomic E-state index is -0.146.